The van der Waals surface area contributed by atoms with Crippen LogP contribution in [0.3, 0.4) is 0 Å². The molecule has 0 saturated heterocycles. The lowest BCUT2D eigenvalue weighted by Crippen LogP contribution is -2.18. The second kappa shape index (κ2) is 4.93. The number of rotatable bonds is 3. The molecule has 3 nitrogen and oxygen atoms in total. The van der Waals surface area contributed by atoms with E-state index >= 15 is 0 Å². The van der Waals surface area contributed by atoms with E-state index in [4.69, 9.17) is 10.2 Å². The first-order chi connectivity index (χ1) is 9.66. The number of furan rings is 1. The first kappa shape index (κ1) is 12.6. The summed E-state index contributed by atoms with van der Waals surface area (Å²) < 4.78 is 5.59. The van der Waals surface area contributed by atoms with Crippen molar-refractivity contribution >= 4 is 22.3 Å². The molecule has 0 bridgehead atoms. The molecule has 102 valence electrons. The largest absolute Gasteiger partial charge is 0.464 e. The molecule has 0 aliphatic heterocycles. The average Bonchev–Trinajstić information content (AvgIpc) is 2.82. The van der Waals surface area contributed by atoms with Gasteiger partial charge in [0.25, 0.3) is 0 Å². The Morgan fingerprint density at radius 3 is 2.70 bits per heavy atom. The second-order valence-electron chi connectivity index (χ2n) is 5.13. The van der Waals surface area contributed by atoms with Crippen molar-refractivity contribution in [1.82, 2.24) is 0 Å². The van der Waals surface area contributed by atoms with Gasteiger partial charge in [0.1, 0.15) is 5.58 Å². The van der Waals surface area contributed by atoms with Gasteiger partial charge in [0.15, 0.2) is 0 Å². The lowest BCUT2D eigenvalue weighted by molar-refractivity contribution is 0.609. The summed E-state index contributed by atoms with van der Waals surface area (Å²) in [5.41, 5.74) is 11.3. The molecule has 0 fully saturated rings. The molecule has 1 aromatic heterocycles. The van der Waals surface area contributed by atoms with E-state index in [9.17, 15) is 0 Å². The quantitative estimate of drug-likeness (QED) is 0.730. The molecule has 20 heavy (non-hydrogen) atoms. The van der Waals surface area contributed by atoms with Crippen molar-refractivity contribution in [2.45, 2.75) is 13.5 Å². The molecule has 2 N–H and O–H groups in total. The van der Waals surface area contributed by atoms with Crippen LogP contribution in [0.1, 0.15) is 11.1 Å². The second-order valence-corrected chi connectivity index (χ2v) is 5.13. The summed E-state index contributed by atoms with van der Waals surface area (Å²) in [6.45, 7) is 2.85. The van der Waals surface area contributed by atoms with Crippen molar-refractivity contribution in [2.24, 2.45) is 0 Å². The molecule has 1 heterocycles. The number of nitrogens with two attached hydrogens (primary N) is 1. The van der Waals surface area contributed by atoms with Gasteiger partial charge >= 0.3 is 0 Å². The third-order valence-corrected chi connectivity index (χ3v) is 3.62. The SMILES string of the molecule is Cc1cccc(N)c1N(C)Cc1coc2ccccc12. The minimum atomic E-state index is 0.770. The van der Waals surface area contributed by atoms with Crippen LogP contribution in [0.25, 0.3) is 11.0 Å². The van der Waals surface area contributed by atoms with E-state index in [2.05, 4.69) is 31.0 Å². The number of para-hydroxylation sites is 2. The van der Waals surface area contributed by atoms with Crippen LogP contribution in [0.15, 0.2) is 53.1 Å². The third-order valence-electron chi connectivity index (χ3n) is 3.62. The van der Waals surface area contributed by atoms with Crippen LogP contribution in [0.5, 0.6) is 0 Å². The predicted molar refractivity (Wildman–Crippen MR) is 83.9 cm³/mol. The monoisotopic (exact) mass is 266 g/mol. The van der Waals surface area contributed by atoms with Crippen LogP contribution in [0.2, 0.25) is 0 Å². The van der Waals surface area contributed by atoms with Gasteiger partial charge in [0, 0.05) is 24.5 Å². The highest BCUT2D eigenvalue weighted by atomic mass is 16.3. The highest BCUT2D eigenvalue weighted by Gasteiger charge is 2.12. The summed E-state index contributed by atoms with van der Waals surface area (Å²) in [6, 6.07) is 14.1. The summed E-state index contributed by atoms with van der Waals surface area (Å²) in [5.74, 6) is 0. The number of anilines is 2. The van der Waals surface area contributed by atoms with Crippen LogP contribution >= 0.6 is 0 Å². The van der Waals surface area contributed by atoms with Crippen molar-refractivity contribution in [3.8, 4) is 0 Å². The highest BCUT2D eigenvalue weighted by molar-refractivity contribution is 5.81. The lowest BCUT2D eigenvalue weighted by atomic mass is 10.1. The molecular weight excluding hydrogens is 248 g/mol. The molecule has 3 aromatic rings. The Hall–Kier alpha value is -2.42. The van der Waals surface area contributed by atoms with E-state index < -0.39 is 0 Å². The van der Waals surface area contributed by atoms with E-state index in [1.54, 1.807) is 0 Å². The summed E-state index contributed by atoms with van der Waals surface area (Å²) in [7, 11) is 2.06. The van der Waals surface area contributed by atoms with Crippen molar-refractivity contribution < 1.29 is 4.42 Å². The number of benzene rings is 2. The number of hydrogen-bond acceptors (Lipinski definition) is 3. The van der Waals surface area contributed by atoms with E-state index in [1.165, 1.54) is 11.1 Å². The van der Waals surface area contributed by atoms with Gasteiger partial charge in [-0.3, -0.25) is 0 Å². The zero-order valence-corrected chi connectivity index (χ0v) is 11.8. The number of nitrogens with zero attached hydrogens (tertiary/aromatic N) is 1. The highest BCUT2D eigenvalue weighted by Crippen LogP contribution is 2.29. The van der Waals surface area contributed by atoms with Crippen molar-refractivity contribution in [3.63, 3.8) is 0 Å². The number of aryl methyl sites for hydroxylation is 1. The van der Waals surface area contributed by atoms with Gasteiger partial charge in [-0.2, -0.15) is 0 Å². The fourth-order valence-corrected chi connectivity index (χ4v) is 2.69. The Balaban J connectivity index is 1.95. The van der Waals surface area contributed by atoms with E-state index in [0.29, 0.717) is 0 Å². The summed E-state index contributed by atoms with van der Waals surface area (Å²) >= 11 is 0. The summed E-state index contributed by atoms with van der Waals surface area (Å²) in [5, 5.41) is 1.16. The minimum Gasteiger partial charge on any atom is -0.464 e. The first-order valence-electron chi connectivity index (χ1n) is 6.68. The molecule has 0 aliphatic rings. The zero-order chi connectivity index (χ0) is 14.1. The fraction of sp³-hybridized carbons (Fsp3) is 0.176. The number of fused-ring (bicyclic) bond motifs is 1. The van der Waals surface area contributed by atoms with Gasteiger partial charge in [-0.15, -0.1) is 0 Å². The molecule has 0 spiro atoms. The van der Waals surface area contributed by atoms with E-state index in [1.807, 2.05) is 36.6 Å². The number of nitrogen functional groups attached to an aromatic ring is 1. The maximum absolute atomic E-state index is 6.10. The van der Waals surface area contributed by atoms with Gasteiger partial charge in [-0.05, 0) is 24.6 Å². The smallest absolute Gasteiger partial charge is 0.134 e. The Morgan fingerprint density at radius 1 is 1.10 bits per heavy atom. The summed E-state index contributed by atoms with van der Waals surface area (Å²) in [6.07, 6.45) is 1.83. The predicted octanol–water partition coefficient (Wildman–Crippen LogP) is 3.96. The third kappa shape index (κ3) is 2.11. The zero-order valence-electron chi connectivity index (χ0n) is 11.8. The van der Waals surface area contributed by atoms with Gasteiger partial charge in [-0.1, -0.05) is 30.3 Å². The Kier molecular flexibility index (Phi) is 3.11. The maximum Gasteiger partial charge on any atom is 0.134 e. The van der Waals surface area contributed by atoms with E-state index in [-0.39, 0.29) is 0 Å². The van der Waals surface area contributed by atoms with Gasteiger partial charge in [-0.25, -0.2) is 0 Å². The fourth-order valence-electron chi connectivity index (χ4n) is 2.69. The normalized spacial score (nSPS) is 10.9. The lowest BCUT2D eigenvalue weighted by Gasteiger charge is -2.22. The van der Waals surface area contributed by atoms with Crippen LogP contribution in [0.4, 0.5) is 11.4 Å². The topological polar surface area (TPSA) is 42.4 Å². The van der Waals surface area contributed by atoms with E-state index in [0.717, 1.165) is 28.9 Å². The van der Waals surface area contributed by atoms with Gasteiger partial charge in [0.05, 0.1) is 17.6 Å². The molecule has 0 saturated carbocycles. The molecular formula is C17H18N2O. The van der Waals surface area contributed by atoms with Crippen LogP contribution < -0.4 is 10.6 Å². The van der Waals surface area contributed by atoms with Gasteiger partial charge < -0.3 is 15.1 Å². The molecule has 3 heteroatoms. The first-order valence-corrected chi connectivity index (χ1v) is 6.68. The summed E-state index contributed by atoms with van der Waals surface area (Å²) in [4.78, 5) is 2.17. The minimum absolute atomic E-state index is 0.770. The maximum atomic E-state index is 6.10. The molecule has 0 aliphatic carbocycles. The molecule has 0 amide bonds. The molecule has 0 atom stereocenters. The van der Waals surface area contributed by atoms with Crippen molar-refractivity contribution in [1.29, 1.82) is 0 Å². The molecule has 2 aromatic carbocycles. The average molecular weight is 266 g/mol. The van der Waals surface area contributed by atoms with Crippen LogP contribution in [-0.4, -0.2) is 7.05 Å². The van der Waals surface area contributed by atoms with Crippen LogP contribution in [-0.2, 0) is 6.54 Å². The standard InChI is InChI=1S/C17H18N2O/c1-12-6-5-8-15(18)17(12)19(2)10-13-11-20-16-9-4-3-7-14(13)16/h3-9,11H,10,18H2,1-2H3. The molecule has 3 rings (SSSR count). The van der Waals surface area contributed by atoms with Crippen molar-refractivity contribution in [3.05, 3.63) is 59.9 Å². The van der Waals surface area contributed by atoms with Crippen molar-refractivity contribution in [2.75, 3.05) is 17.7 Å². The Morgan fingerprint density at radius 2 is 1.90 bits per heavy atom. The Labute approximate surface area is 118 Å². The molecule has 0 unspecified atom stereocenters. The Bertz CT molecular complexity index is 725. The van der Waals surface area contributed by atoms with Gasteiger partial charge in [0.2, 0.25) is 0 Å². The number of hydrogen-bond donors (Lipinski definition) is 1. The van der Waals surface area contributed by atoms with Crippen LogP contribution in [0, 0.1) is 6.92 Å². The molecule has 0 radical (unpaired) electrons.